The maximum Gasteiger partial charge on any atom is 0.191 e. The maximum absolute atomic E-state index is 4.55. The number of halogens is 1. The molecule has 1 heterocycles. The Morgan fingerprint density at radius 1 is 1.23 bits per heavy atom. The summed E-state index contributed by atoms with van der Waals surface area (Å²) >= 11 is 1.76. The second-order valence-corrected chi connectivity index (χ2v) is 7.47. The molecule has 1 aromatic rings. The van der Waals surface area contributed by atoms with Crippen LogP contribution in [0.4, 0.5) is 0 Å². The van der Waals surface area contributed by atoms with E-state index in [9.17, 15) is 0 Å². The molecule has 22 heavy (non-hydrogen) atoms. The van der Waals surface area contributed by atoms with Gasteiger partial charge in [0, 0.05) is 18.5 Å². The third-order valence-electron chi connectivity index (χ3n) is 4.40. The predicted molar refractivity (Wildman–Crippen MR) is 106 cm³/mol. The summed E-state index contributed by atoms with van der Waals surface area (Å²) in [5.41, 5.74) is 1.14. The average molecular weight is 436 g/mol. The molecule has 0 unspecified atom stereocenters. The summed E-state index contributed by atoms with van der Waals surface area (Å²) in [4.78, 5) is 10.1. The smallest absolute Gasteiger partial charge is 0.191 e. The minimum atomic E-state index is 0. The average Bonchev–Trinajstić information content (AvgIpc) is 2.80. The van der Waals surface area contributed by atoms with E-state index in [1.165, 1.54) is 30.6 Å². The van der Waals surface area contributed by atoms with Gasteiger partial charge in [0.05, 0.1) is 12.2 Å². The van der Waals surface area contributed by atoms with E-state index in [2.05, 4.69) is 41.4 Å². The van der Waals surface area contributed by atoms with E-state index >= 15 is 0 Å². The van der Waals surface area contributed by atoms with Gasteiger partial charge in [-0.2, -0.15) is 0 Å². The van der Waals surface area contributed by atoms with Crippen LogP contribution < -0.4 is 10.6 Å². The van der Waals surface area contributed by atoms with Crippen LogP contribution >= 0.6 is 35.3 Å². The molecule has 0 amide bonds. The number of aromatic nitrogens is 1. The predicted octanol–water partition coefficient (Wildman–Crippen LogP) is 3.87. The van der Waals surface area contributed by atoms with Crippen LogP contribution in [0.15, 0.2) is 4.99 Å². The molecular formula is C16H29IN4S. The lowest BCUT2D eigenvalue weighted by Gasteiger charge is -2.26. The van der Waals surface area contributed by atoms with Crippen LogP contribution in [0.25, 0.3) is 0 Å². The van der Waals surface area contributed by atoms with Gasteiger partial charge < -0.3 is 10.6 Å². The minimum absolute atomic E-state index is 0. The van der Waals surface area contributed by atoms with E-state index in [0.717, 1.165) is 41.6 Å². The van der Waals surface area contributed by atoms with Gasteiger partial charge in [0.25, 0.3) is 0 Å². The second kappa shape index (κ2) is 9.70. The Morgan fingerprint density at radius 2 is 1.91 bits per heavy atom. The summed E-state index contributed by atoms with van der Waals surface area (Å²) in [6.45, 7) is 8.32. The van der Waals surface area contributed by atoms with Gasteiger partial charge in [0.1, 0.15) is 5.01 Å². The first-order valence-corrected chi connectivity index (χ1v) is 8.77. The number of nitrogens with zero attached hydrogens (tertiary/aromatic N) is 2. The third kappa shape index (κ3) is 6.02. The molecule has 2 rings (SSSR count). The summed E-state index contributed by atoms with van der Waals surface area (Å²) in [5.74, 6) is 2.60. The number of nitrogens with one attached hydrogen (secondary N) is 2. The number of rotatable bonds is 4. The molecular weight excluding hydrogens is 407 g/mol. The molecule has 0 radical (unpaired) electrons. The van der Waals surface area contributed by atoms with Crippen molar-refractivity contribution in [1.29, 1.82) is 0 Å². The Balaban J connectivity index is 0.00000242. The Kier molecular flexibility index (Phi) is 8.67. The van der Waals surface area contributed by atoms with Gasteiger partial charge in [-0.3, -0.25) is 4.99 Å². The Morgan fingerprint density at radius 3 is 2.45 bits per heavy atom. The number of guanidine groups is 1. The van der Waals surface area contributed by atoms with Crippen molar-refractivity contribution in [3.8, 4) is 0 Å². The van der Waals surface area contributed by atoms with Crippen molar-refractivity contribution in [1.82, 2.24) is 15.6 Å². The van der Waals surface area contributed by atoms with Crippen molar-refractivity contribution >= 4 is 41.3 Å². The Bertz CT molecular complexity index is 459. The summed E-state index contributed by atoms with van der Waals surface area (Å²) in [6.07, 6.45) is 5.43. The second-order valence-electron chi connectivity index (χ2n) is 6.18. The maximum atomic E-state index is 4.55. The van der Waals surface area contributed by atoms with Crippen LogP contribution in [0, 0.1) is 25.7 Å². The largest absolute Gasteiger partial charge is 0.356 e. The lowest BCUT2D eigenvalue weighted by molar-refractivity contribution is 0.289. The van der Waals surface area contributed by atoms with Gasteiger partial charge in [-0.05, 0) is 38.5 Å². The van der Waals surface area contributed by atoms with Gasteiger partial charge in [-0.25, -0.2) is 4.98 Å². The van der Waals surface area contributed by atoms with E-state index in [1.54, 1.807) is 11.3 Å². The van der Waals surface area contributed by atoms with Gasteiger partial charge in [-0.1, -0.05) is 19.8 Å². The van der Waals surface area contributed by atoms with Gasteiger partial charge >= 0.3 is 0 Å². The Hall–Kier alpha value is -0.370. The van der Waals surface area contributed by atoms with E-state index in [1.807, 2.05) is 7.05 Å². The molecule has 1 fully saturated rings. The van der Waals surface area contributed by atoms with Crippen molar-refractivity contribution in [2.45, 2.75) is 53.0 Å². The molecule has 0 saturated heterocycles. The van der Waals surface area contributed by atoms with Crippen molar-refractivity contribution in [3.05, 3.63) is 15.6 Å². The number of hydrogen-bond donors (Lipinski definition) is 2. The minimum Gasteiger partial charge on any atom is -0.356 e. The topological polar surface area (TPSA) is 49.3 Å². The van der Waals surface area contributed by atoms with E-state index in [-0.39, 0.29) is 24.0 Å². The van der Waals surface area contributed by atoms with Crippen LogP contribution in [0.1, 0.15) is 48.2 Å². The van der Waals surface area contributed by atoms with Crippen LogP contribution in [0.3, 0.4) is 0 Å². The highest BCUT2D eigenvalue weighted by Crippen LogP contribution is 2.27. The molecule has 0 atom stereocenters. The summed E-state index contributed by atoms with van der Waals surface area (Å²) < 4.78 is 0. The number of aryl methyl sites for hydroxylation is 2. The molecule has 2 N–H and O–H groups in total. The lowest BCUT2D eigenvalue weighted by Crippen LogP contribution is -2.40. The highest BCUT2D eigenvalue weighted by molar-refractivity contribution is 14.0. The van der Waals surface area contributed by atoms with Crippen molar-refractivity contribution in [3.63, 3.8) is 0 Å². The molecule has 0 spiro atoms. The van der Waals surface area contributed by atoms with Crippen LogP contribution in [-0.4, -0.2) is 24.5 Å². The summed E-state index contributed by atoms with van der Waals surface area (Å²) in [6, 6.07) is 0. The van der Waals surface area contributed by atoms with Gasteiger partial charge in [0.15, 0.2) is 5.96 Å². The molecule has 0 bridgehead atoms. The molecule has 0 aromatic carbocycles. The zero-order valence-corrected chi connectivity index (χ0v) is 17.3. The Labute approximate surface area is 155 Å². The number of thiazole rings is 1. The molecule has 1 aliphatic carbocycles. The van der Waals surface area contributed by atoms with Crippen molar-refractivity contribution < 1.29 is 0 Å². The molecule has 4 nitrogen and oxygen atoms in total. The fourth-order valence-corrected chi connectivity index (χ4v) is 3.64. The molecule has 6 heteroatoms. The van der Waals surface area contributed by atoms with E-state index in [4.69, 9.17) is 0 Å². The fourth-order valence-electron chi connectivity index (χ4n) is 2.77. The summed E-state index contributed by atoms with van der Waals surface area (Å²) in [5, 5.41) is 7.95. The first-order valence-electron chi connectivity index (χ1n) is 7.96. The number of aliphatic imine (C=N–C) groups is 1. The summed E-state index contributed by atoms with van der Waals surface area (Å²) in [7, 11) is 1.83. The van der Waals surface area contributed by atoms with Crippen LogP contribution in [0.5, 0.6) is 0 Å². The first-order chi connectivity index (χ1) is 10.1. The zero-order valence-electron chi connectivity index (χ0n) is 14.1. The molecule has 1 aromatic heterocycles. The van der Waals surface area contributed by atoms with E-state index < -0.39 is 0 Å². The normalized spacial score (nSPS) is 22.1. The highest BCUT2D eigenvalue weighted by atomic mass is 127. The standard InChI is InChI=1S/C16H28N4S.HI/c1-11-5-7-14(8-6-11)9-18-16(17-4)19-10-15-20-12(2)13(3)21-15;/h11,14H,5-10H2,1-4H3,(H2,17,18,19);1H. The van der Waals surface area contributed by atoms with Crippen LogP contribution in [0.2, 0.25) is 0 Å². The zero-order chi connectivity index (χ0) is 15.2. The van der Waals surface area contributed by atoms with Crippen molar-refractivity contribution in [2.24, 2.45) is 16.8 Å². The van der Waals surface area contributed by atoms with Gasteiger partial charge in [-0.15, -0.1) is 35.3 Å². The highest BCUT2D eigenvalue weighted by Gasteiger charge is 2.18. The SMILES string of the molecule is CN=C(NCc1nc(C)c(C)s1)NCC1CCC(C)CC1.I. The third-order valence-corrected chi connectivity index (χ3v) is 5.47. The molecule has 0 aliphatic heterocycles. The fraction of sp³-hybridized carbons (Fsp3) is 0.750. The van der Waals surface area contributed by atoms with Gasteiger partial charge in [0.2, 0.25) is 0 Å². The first kappa shape index (κ1) is 19.7. The lowest BCUT2D eigenvalue weighted by atomic mass is 9.83. The molecule has 1 saturated carbocycles. The number of hydrogen-bond acceptors (Lipinski definition) is 3. The molecule has 1 aliphatic rings. The van der Waals surface area contributed by atoms with E-state index in [0.29, 0.717) is 0 Å². The molecule has 126 valence electrons. The van der Waals surface area contributed by atoms with Crippen molar-refractivity contribution in [2.75, 3.05) is 13.6 Å². The quantitative estimate of drug-likeness (QED) is 0.428. The van der Waals surface area contributed by atoms with Crippen LogP contribution in [-0.2, 0) is 6.54 Å². The monoisotopic (exact) mass is 436 g/mol.